The summed E-state index contributed by atoms with van der Waals surface area (Å²) in [5.74, 6) is 1.74. The van der Waals surface area contributed by atoms with Crippen molar-refractivity contribution in [2.24, 2.45) is 5.92 Å². The summed E-state index contributed by atoms with van der Waals surface area (Å²) in [6, 6.07) is 1.86. The van der Waals surface area contributed by atoms with E-state index in [0.29, 0.717) is 0 Å². The fourth-order valence-corrected chi connectivity index (χ4v) is 1.66. The molecule has 0 spiro atoms. The molecule has 1 fully saturated rings. The minimum atomic E-state index is 0. The summed E-state index contributed by atoms with van der Waals surface area (Å²) in [5.41, 5.74) is 0. The molecule has 1 aromatic rings. The van der Waals surface area contributed by atoms with Gasteiger partial charge in [-0.05, 0) is 24.8 Å². The Hall–Kier alpha value is -1.12. The van der Waals surface area contributed by atoms with E-state index in [2.05, 4.69) is 21.8 Å². The fraction of sp³-hybridized carbons (Fsp3) is 0.667. The summed E-state index contributed by atoms with van der Waals surface area (Å²) in [6.07, 6.45) is 6.14. The van der Waals surface area contributed by atoms with Crippen LogP contribution in [0.2, 0.25) is 0 Å². The van der Waals surface area contributed by atoms with E-state index in [9.17, 15) is 0 Å². The van der Waals surface area contributed by atoms with E-state index in [-0.39, 0.29) is 14.9 Å². The number of hydrogen-bond acceptors (Lipinski definition) is 3. The van der Waals surface area contributed by atoms with Crippen LogP contribution in [0.25, 0.3) is 0 Å². The molecule has 0 N–H and O–H groups in total. The summed E-state index contributed by atoms with van der Waals surface area (Å²) in [4.78, 5) is 10.7. The van der Waals surface area contributed by atoms with Crippen molar-refractivity contribution in [3.63, 3.8) is 0 Å². The van der Waals surface area contributed by atoms with Crippen LogP contribution in [0.15, 0.2) is 18.5 Å². The molecule has 1 aliphatic rings. The van der Waals surface area contributed by atoms with Gasteiger partial charge in [0.25, 0.3) is 0 Å². The SMILES string of the molecule is C.C.CC1CCN(c2ncccn2)CC1. The lowest BCUT2D eigenvalue weighted by atomic mass is 10.00. The Morgan fingerprint density at radius 2 is 1.67 bits per heavy atom. The van der Waals surface area contributed by atoms with Crippen LogP contribution < -0.4 is 4.90 Å². The number of nitrogens with zero attached hydrogens (tertiary/aromatic N) is 3. The first-order valence-electron chi connectivity index (χ1n) is 4.88. The van der Waals surface area contributed by atoms with Crippen LogP contribution in [0, 0.1) is 5.92 Å². The van der Waals surface area contributed by atoms with Gasteiger partial charge in [-0.25, -0.2) is 9.97 Å². The van der Waals surface area contributed by atoms with E-state index >= 15 is 0 Å². The zero-order valence-corrected chi connectivity index (χ0v) is 7.98. The second kappa shape index (κ2) is 6.38. The minimum absolute atomic E-state index is 0. The van der Waals surface area contributed by atoms with E-state index in [1.165, 1.54) is 12.8 Å². The zero-order chi connectivity index (χ0) is 9.10. The fourth-order valence-electron chi connectivity index (χ4n) is 1.66. The van der Waals surface area contributed by atoms with Gasteiger partial charge in [-0.15, -0.1) is 0 Å². The van der Waals surface area contributed by atoms with Crippen LogP contribution in [0.3, 0.4) is 0 Å². The summed E-state index contributed by atoms with van der Waals surface area (Å²) < 4.78 is 0. The molecule has 1 aliphatic heterocycles. The van der Waals surface area contributed by atoms with Gasteiger partial charge in [-0.2, -0.15) is 0 Å². The predicted octanol–water partition coefficient (Wildman–Crippen LogP) is 2.99. The highest BCUT2D eigenvalue weighted by molar-refractivity contribution is 5.28. The molecular weight excluding hydrogens is 186 g/mol. The molecule has 1 aromatic heterocycles. The lowest BCUT2D eigenvalue weighted by Gasteiger charge is -2.29. The van der Waals surface area contributed by atoms with Gasteiger partial charge < -0.3 is 4.90 Å². The third kappa shape index (κ3) is 3.50. The van der Waals surface area contributed by atoms with Crippen molar-refractivity contribution in [3.8, 4) is 0 Å². The number of aromatic nitrogens is 2. The van der Waals surface area contributed by atoms with Crippen LogP contribution in [-0.2, 0) is 0 Å². The van der Waals surface area contributed by atoms with Gasteiger partial charge in [-0.3, -0.25) is 0 Å². The van der Waals surface area contributed by atoms with Crippen LogP contribution in [0.4, 0.5) is 5.95 Å². The molecule has 0 aromatic carbocycles. The standard InChI is InChI=1S/C10H15N3.2CH4/c1-9-3-7-13(8-4-9)10-11-5-2-6-12-10;;/h2,5-6,9H,3-4,7-8H2,1H3;2*1H4. The first-order valence-corrected chi connectivity index (χ1v) is 4.88. The second-order valence-electron chi connectivity index (χ2n) is 3.72. The van der Waals surface area contributed by atoms with E-state index in [0.717, 1.165) is 25.0 Å². The van der Waals surface area contributed by atoms with E-state index < -0.39 is 0 Å². The molecule has 0 unspecified atom stereocenters. The number of hydrogen-bond donors (Lipinski definition) is 0. The Bertz CT molecular complexity index is 253. The summed E-state index contributed by atoms with van der Waals surface area (Å²) in [7, 11) is 0. The van der Waals surface area contributed by atoms with Gasteiger partial charge in [0, 0.05) is 25.5 Å². The Kier molecular flexibility index (Phi) is 5.90. The first kappa shape index (κ1) is 13.9. The van der Waals surface area contributed by atoms with Gasteiger partial charge in [0.05, 0.1) is 0 Å². The second-order valence-corrected chi connectivity index (χ2v) is 3.72. The first-order chi connectivity index (χ1) is 6.36. The maximum Gasteiger partial charge on any atom is 0.225 e. The molecule has 0 bridgehead atoms. The molecule has 0 saturated carbocycles. The van der Waals surface area contributed by atoms with Gasteiger partial charge in [-0.1, -0.05) is 21.8 Å². The minimum Gasteiger partial charge on any atom is -0.341 e. The third-order valence-corrected chi connectivity index (χ3v) is 2.62. The third-order valence-electron chi connectivity index (χ3n) is 2.62. The quantitative estimate of drug-likeness (QED) is 0.712. The maximum atomic E-state index is 4.24. The van der Waals surface area contributed by atoms with Crippen molar-refractivity contribution in [3.05, 3.63) is 18.5 Å². The number of rotatable bonds is 1. The van der Waals surface area contributed by atoms with Crippen LogP contribution in [-0.4, -0.2) is 23.1 Å². The Morgan fingerprint density at radius 1 is 1.13 bits per heavy atom. The van der Waals surface area contributed by atoms with Crippen LogP contribution >= 0.6 is 0 Å². The Balaban J connectivity index is 0.000000980. The smallest absolute Gasteiger partial charge is 0.225 e. The van der Waals surface area contributed by atoms with Gasteiger partial charge in [0.2, 0.25) is 5.95 Å². The highest BCUT2D eigenvalue weighted by Crippen LogP contribution is 2.18. The zero-order valence-electron chi connectivity index (χ0n) is 7.98. The van der Waals surface area contributed by atoms with Crippen molar-refractivity contribution in [1.29, 1.82) is 0 Å². The monoisotopic (exact) mass is 209 g/mol. The van der Waals surface area contributed by atoms with Gasteiger partial charge in [0.1, 0.15) is 0 Å². The maximum absolute atomic E-state index is 4.24. The van der Waals surface area contributed by atoms with Crippen molar-refractivity contribution in [2.45, 2.75) is 34.6 Å². The van der Waals surface area contributed by atoms with Crippen molar-refractivity contribution < 1.29 is 0 Å². The van der Waals surface area contributed by atoms with E-state index in [4.69, 9.17) is 0 Å². The summed E-state index contributed by atoms with van der Waals surface area (Å²) in [5, 5.41) is 0. The van der Waals surface area contributed by atoms with Crippen molar-refractivity contribution >= 4 is 5.95 Å². The molecule has 1 saturated heterocycles. The highest BCUT2D eigenvalue weighted by Gasteiger charge is 2.16. The van der Waals surface area contributed by atoms with Crippen LogP contribution in [0.1, 0.15) is 34.6 Å². The average Bonchev–Trinajstić information content (AvgIpc) is 2.20. The molecule has 15 heavy (non-hydrogen) atoms. The molecule has 2 rings (SSSR count). The largest absolute Gasteiger partial charge is 0.341 e. The van der Waals surface area contributed by atoms with Gasteiger partial charge in [0.15, 0.2) is 0 Å². The molecular formula is C12H23N3. The molecule has 0 amide bonds. The average molecular weight is 209 g/mol. The summed E-state index contributed by atoms with van der Waals surface area (Å²) in [6.45, 7) is 4.51. The molecule has 0 aliphatic carbocycles. The Labute approximate surface area is 93.6 Å². The van der Waals surface area contributed by atoms with Gasteiger partial charge >= 0.3 is 0 Å². The molecule has 3 nitrogen and oxygen atoms in total. The van der Waals surface area contributed by atoms with Crippen molar-refractivity contribution in [1.82, 2.24) is 9.97 Å². The molecule has 86 valence electrons. The molecule has 3 heteroatoms. The normalized spacial score (nSPS) is 16.5. The molecule has 0 radical (unpaired) electrons. The number of anilines is 1. The lowest BCUT2D eigenvalue weighted by molar-refractivity contribution is 0.434. The lowest BCUT2D eigenvalue weighted by Crippen LogP contribution is -2.33. The molecule has 0 atom stereocenters. The topological polar surface area (TPSA) is 29.0 Å². The van der Waals surface area contributed by atoms with Crippen molar-refractivity contribution in [2.75, 3.05) is 18.0 Å². The summed E-state index contributed by atoms with van der Waals surface area (Å²) >= 11 is 0. The number of piperidine rings is 1. The highest BCUT2D eigenvalue weighted by atomic mass is 15.2. The van der Waals surface area contributed by atoms with E-state index in [1.807, 2.05) is 6.07 Å². The van der Waals surface area contributed by atoms with E-state index in [1.54, 1.807) is 12.4 Å². The Morgan fingerprint density at radius 3 is 2.20 bits per heavy atom. The molecule has 2 heterocycles. The predicted molar refractivity (Wildman–Crippen MR) is 66.1 cm³/mol. The van der Waals surface area contributed by atoms with Crippen LogP contribution in [0.5, 0.6) is 0 Å².